The Hall–Kier alpha value is -1.22. The molecule has 1 heterocycles. The van der Waals surface area contributed by atoms with Crippen molar-refractivity contribution in [3.05, 3.63) is 23.8 Å². The third kappa shape index (κ3) is 1.75. The zero-order valence-corrected chi connectivity index (χ0v) is 7.51. The molecular weight excluding hydrogens is 164 g/mol. The zero-order valence-electron chi connectivity index (χ0n) is 7.51. The maximum atomic E-state index is 8.69. The van der Waals surface area contributed by atoms with E-state index in [0.29, 0.717) is 0 Å². The Morgan fingerprint density at radius 2 is 2.38 bits per heavy atom. The molecular formula is C10H14N2O. The van der Waals surface area contributed by atoms with Gasteiger partial charge in [0.05, 0.1) is 0 Å². The highest BCUT2D eigenvalue weighted by atomic mass is 16.3. The molecule has 1 aromatic carbocycles. The van der Waals surface area contributed by atoms with Gasteiger partial charge in [0.15, 0.2) is 0 Å². The van der Waals surface area contributed by atoms with E-state index >= 15 is 0 Å². The molecule has 0 bridgehead atoms. The third-order valence-electron chi connectivity index (χ3n) is 2.33. The highest BCUT2D eigenvalue weighted by Gasteiger charge is 2.07. The minimum Gasteiger partial charge on any atom is -0.385 e. The van der Waals surface area contributed by atoms with Crippen LogP contribution in [0.3, 0.4) is 0 Å². The van der Waals surface area contributed by atoms with E-state index in [9.17, 15) is 0 Å². The Bertz CT molecular complexity index is 299. The standard InChI is InChI=1S/C10H14N2O/c13-7-12-9-4-3-8-2-1-5-11-10(8)6-9/h3-4,6,11-13H,1-2,5,7H2. The summed E-state index contributed by atoms with van der Waals surface area (Å²) < 4.78 is 0. The van der Waals surface area contributed by atoms with Crippen molar-refractivity contribution in [2.24, 2.45) is 0 Å². The number of aliphatic hydroxyl groups excluding tert-OH is 1. The zero-order chi connectivity index (χ0) is 9.10. The molecule has 0 aromatic heterocycles. The summed E-state index contributed by atoms with van der Waals surface area (Å²) in [5.41, 5.74) is 3.54. The van der Waals surface area contributed by atoms with E-state index in [-0.39, 0.29) is 6.73 Å². The fourth-order valence-electron chi connectivity index (χ4n) is 1.66. The number of anilines is 2. The topological polar surface area (TPSA) is 44.3 Å². The Morgan fingerprint density at radius 3 is 3.23 bits per heavy atom. The second-order valence-corrected chi connectivity index (χ2v) is 3.24. The summed E-state index contributed by atoms with van der Waals surface area (Å²) in [5, 5.41) is 14.9. The van der Waals surface area contributed by atoms with Gasteiger partial charge in [-0.15, -0.1) is 0 Å². The first kappa shape index (κ1) is 8.38. The smallest absolute Gasteiger partial charge is 0.113 e. The van der Waals surface area contributed by atoms with Crippen LogP contribution in [-0.4, -0.2) is 18.4 Å². The molecule has 13 heavy (non-hydrogen) atoms. The number of hydrogen-bond acceptors (Lipinski definition) is 3. The van der Waals surface area contributed by atoms with Crippen LogP contribution in [0.2, 0.25) is 0 Å². The maximum absolute atomic E-state index is 8.69. The average molecular weight is 178 g/mol. The van der Waals surface area contributed by atoms with Crippen LogP contribution in [0.15, 0.2) is 18.2 Å². The molecule has 0 fully saturated rings. The highest BCUT2D eigenvalue weighted by Crippen LogP contribution is 2.24. The summed E-state index contributed by atoms with van der Waals surface area (Å²) in [6, 6.07) is 6.16. The number of aryl methyl sites for hydroxylation is 1. The molecule has 70 valence electrons. The van der Waals surface area contributed by atoms with Crippen molar-refractivity contribution in [2.75, 3.05) is 23.9 Å². The molecule has 3 nitrogen and oxygen atoms in total. The molecule has 0 atom stereocenters. The van der Waals surface area contributed by atoms with Crippen molar-refractivity contribution in [1.82, 2.24) is 0 Å². The minimum absolute atomic E-state index is 0.0151. The van der Waals surface area contributed by atoms with Crippen molar-refractivity contribution in [1.29, 1.82) is 0 Å². The number of hydrogen-bond donors (Lipinski definition) is 3. The molecule has 0 amide bonds. The van der Waals surface area contributed by atoms with E-state index in [1.54, 1.807) is 0 Å². The van der Waals surface area contributed by atoms with Crippen LogP contribution in [-0.2, 0) is 6.42 Å². The molecule has 0 aliphatic carbocycles. The normalized spacial score (nSPS) is 14.5. The molecule has 1 aliphatic rings. The molecule has 2 rings (SSSR count). The number of nitrogens with one attached hydrogen (secondary N) is 2. The summed E-state index contributed by atoms with van der Waals surface area (Å²) in [6.45, 7) is 1.04. The monoisotopic (exact) mass is 178 g/mol. The number of benzene rings is 1. The lowest BCUT2D eigenvalue weighted by molar-refractivity contribution is 0.325. The third-order valence-corrected chi connectivity index (χ3v) is 2.33. The van der Waals surface area contributed by atoms with Crippen molar-refractivity contribution in [3.8, 4) is 0 Å². The van der Waals surface area contributed by atoms with Gasteiger partial charge in [0.25, 0.3) is 0 Å². The van der Waals surface area contributed by atoms with Gasteiger partial charge < -0.3 is 15.7 Å². The summed E-state index contributed by atoms with van der Waals surface area (Å²) in [4.78, 5) is 0. The molecule has 3 heteroatoms. The summed E-state index contributed by atoms with van der Waals surface area (Å²) in [5.74, 6) is 0. The fourth-order valence-corrected chi connectivity index (χ4v) is 1.66. The van der Waals surface area contributed by atoms with Crippen LogP contribution < -0.4 is 10.6 Å². The van der Waals surface area contributed by atoms with E-state index in [1.165, 1.54) is 17.7 Å². The van der Waals surface area contributed by atoms with Gasteiger partial charge in [-0.25, -0.2) is 0 Å². The van der Waals surface area contributed by atoms with E-state index in [0.717, 1.165) is 18.7 Å². The van der Waals surface area contributed by atoms with Crippen molar-refractivity contribution in [3.63, 3.8) is 0 Å². The van der Waals surface area contributed by atoms with Crippen molar-refractivity contribution < 1.29 is 5.11 Å². The molecule has 0 radical (unpaired) electrons. The summed E-state index contributed by atoms with van der Waals surface area (Å²) in [6.07, 6.45) is 2.36. The minimum atomic E-state index is -0.0151. The van der Waals surface area contributed by atoms with Crippen LogP contribution >= 0.6 is 0 Å². The quantitative estimate of drug-likeness (QED) is 0.600. The van der Waals surface area contributed by atoms with Gasteiger partial charge in [0.1, 0.15) is 6.73 Å². The lowest BCUT2D eigenvalue weighted by Crippen LogP contribution is -2.12. The van der Waals surface area contributed by atoms with Gasteiger partial charge in [-0.2, -0.15) is 0 Å². The maximum Gasteiger partial charge on any atom is 0.113 e. The Balaban J connectivity index is 2.24. The van der Waals surface area contributed by atoms with Crippen LogP contribution in [0.4, 0.5) is 11.4 Å². The molecule has 1 aliphatic heterocycles. The second-order valence-electron chi connectivity index (χ2n) is 3.24. The van der Waals surface area contributed by atoms with E-state index in [2.05, 4.69) is 16.7 Å². The number of fused-ring (bicyclic) bond motifs is 1. The summed E-state index contributed by atoms with van der Waals surface area (Å²) >= 11 is 0. The number of aliphatic hydroxyl groups is 1. The summed E-state index contributed by atoms with van der Waals surface area (Å²) in [7, 11) is 0. The van der Waals surface area contributed by atoms with E-state index in [1.807, 2.05) is 12.1 Å². The van der Waals surface area contributed by atoms with Gasteiger partial charge in [0, 0.05) is 17.9 Å². The predicted octanol–water partition coefficient (Wildman–Crippen LogP) is 1.41. The molecule has 0 spiro atoms. The largest absolute Gasteiger partial charge is 0.385 e. The van der Waals surface area contributed by atoms with Crippen molar-refractivity contribution in [2.45, 2.75) is 12.8 Å². The van der Waals surface area contributed by atoms with E-state index < -0.39 is 0 Å². The Kier molecular flexibility index (Phi) is 2.36. The lowest BCUT2D eigenvalue weighted by Gasteiger charge is -2.18. The average Bonchev–Trinajstić information content (AvgIpc) is 2.18. The van der Waals surface area contributed by atoms with Gasteiger partial charge in [-0.3, -0.25) is 0 Å². The first-order valence-electron chi connectivity index (χ1n) is 4.61. The molecule has 0 saturated heterocycles. The predicted molar refractivity (Wildman–Crippen MR) is 54.0 cm³/mol. The number of rotatable bonds is 2. The SMILES string of the molecule is OCNc1ccc2c(c1)NCCC2. The van der Waals surface area contributed by atoms with Crippen LogP contribution in [0.1, 0.15) is 12.0 Å². The van der Waals surface area contributed by atoms with Gasteiger partial charge in [-0.05, 0) is 30.5 Å². The molecule has 0 unspecified atom stereocenters. The lowest BCUT2D eigenvalue weighted by atomic mass is 10.0. The van der Waals surface area contributed by atoms with Crippen molar-refractivity contribution >= 4 is 11.4 Å². The Morgan fingerprint density at radius 1 is 1.46 bits per heavy atom. The highest BCUT2D eigenvalue weighted by molar-refractivity contribution is 5.62. The van der Waals surface area contributed by atoms with Crippen LogP contribution in [0, 0.1) is 0 Å². The van der Waals surface area contributed by atoms with Gasteiger partial charge >= 0.3 is 0 Å². The first-order chi connectivity index (χ1) is 6.40. The first-order valence-corrected chi connectivity index (χ1v) is 4.61. The van der Waals surface area contributed by atoms with Gasteiger partial charge in [-0.1, -0.05) is 6.07 Å². The fraction of sp³-hybridized carbons (Fsp3) is 0.400. The van der Waals surface area contributed by atoms with Gasteiger partial charge in [0.2, 0.25) is 0 Å². The Labute approximate surface area is 77.8 Å². The second kappa shape index (κ2) is 3.66. The molecule has 1 aromatic rings. The van der Waals surface area contributed by atoms with Crippen LogP contribution in [0.5, 0.6) is 0 Å². The molecule has 0 saturated carbocycles. The van der Waals surface area contributed by atoms with Crippen LogP contribution in [0.25, 0.3) is 0 Å². The van der Waals surface area contributed by atoms with E-state index in [4.69, 9.17) is 5.11 Å². The molecule has 3 N–H and O–H groups in total.